The van der Waals surface area contributed by atoms with Crippen molar-refractivity contribution in [1.29, 1.82) is 0 Å². The van der Waals surface area contributed by atoms with E-state index in [4.69, 9.17) is 5.73 Å². The zero-order valence-electron chi connectivity index (χ0n) is 16.8. The first-order valence-electron chi connectivity index (χ1n) is 10.1. The molecule has 0 spiro atoms. The lowest BCUT2D eigenvalue weighted by molar-refractivity contribution is 0.628. The van der Waals surface area contributed by atoms with Crippen LogP contribution in [0.5, 0.6) is 0 Å². The third kappa shape index (κ3) is 2.99. The average Bonchev–Trinajstić information content (AvgIpc) is 3.43. The van der Waals surface area contributed by atoms with Crippen molar-refractivity contribution in [2.24, 2.45) is 0 Å². The Hall–Kier alpha value is -4.52. The molecule has 0 radical (unpaired) electrons. The van der Waals surface area contributed by atoms with E-state index in [0.29, 0.717) is 5.69 Å². The van der Waals surface area contributed by atoms with E-state index in [2.05, 4.69) is 31.2 Å². The molecule has 4 heterocycles. The number of fused-ring (bicyclic) bond motifs is 2. The molecule has 6 rings (SSSR count). The van der Waals surface area contributed by atoms with E-state index in [0.717, 1.165) is 55.6 Å². The van der Waals surface area contributed by atoms with Gasteiger partial charge in [-0.05, 0) is 60.2 Å². The minimum atomic E-state index is -0.273. The summed E-state index contributed by atoms with van der Waals surface area (Å²) in [6, 6.07) is 18.3. The average molecular weight is 420 g/mol. The van der Waals surface area contributed by atoms with Crippen molar-refractivity contribution in [3.05, 3.63) is 85.1 Å². The van der Waals surface area contributed by atoms with Gasteiger partial charge in [0, 0.05) is 46.0 Å². The predicted octanol–water partition coefficient (Wildman–Crippen LogP) is 5.56. The van der Waals surface area contributed by atoms with Crippen LogP contribution in [-0.4, -0.2) is 25.1 Å². The Labute approximate surface area is 182 Å². The van der Waals surface area contributed by atoms with E-state index < -0.39 is 0 Å². The van der Waals surface area contributed by atoms with Crippen molar-refractivity contribution in [3.63, 3.8) is 0 Å². The van der Waals surface area contributed by atoms with E-state index in [1.54, 1.807) is 30.7 Å². The summed E-state index contributed by atoms with van der Waals surface area (Å²) in [6.07, 6.45) is 5.16. The second-order valence-corrected chi connectivity index (χ2v) is 7.65. The molecule has 6 nitrogen and oxygen atoms in total. The highest BCUT2D eigenvalue weighted by Gasteiger charge is 2.15. The van der Waals surface area contributed by atoms with Gasteiger partial charge in [0.05, 0.1) is 22.6 Å². The summed E-state index contributed by atoms with van der Waals surface area (Å²) in [5, 5.41) is 9.59. The second-order valence-electron chi connectivity index (χ2n) is 7.65. The number of halogens is 1. The first-order chi connectivity index (χ1) is 15.7. The largest absolute Gasteiger partial charge is 0.397 e. The van der Waals surface area contributed by atoms with Crippen molar-refractivity contribution in [2.75, 3.05) is 5.73 Å². The molecule has 4 N–H and O–H groups in total. The lowest BCUT2D eigenvalue weighted by atomic mass is 10.0. The highest BCUT2D eigenvalue weighted by atomic mass is 19.1. The zero-order chi connectivity index (χ0) is 21.7. The molecule has 32 heavy (non-hydrogen) atoms. The Kier molecular flexibility index (Phi) is 4.01. The Bertz CT molecular complexity index is 1600. The van der Waals surface area contributed by atoms with Gasteiger partial charge in [-0.3, -0.25) is 15.1 Å². The molecule has 0 fully saturated rings. The van der Waals surface area contributed by atoms with Crippen LogP contribution in [-0.2, 0) is 0 Å². The lowest BCUT2D eigenvalue weighted by Crippen LogP contribution is -1.87. The third-order valence-electron chi connectivity index (χ3n) is 5.58. The first-order valence-corrected chi connectivity index (χ1v) is 10.1. The van der Waals surface area contributed by atoms with Gasteiger partial charge in [-0.1, -0.05) is 6.07 Å². The SMILES string of the molecule is Nc1cncc(-c2ccc3[nH]nc(-c4cc5c(-c6ccc(F)cc6)nccc5[nH]4)c3c2)c1. The van der Waals surface area contributed by atoms with Gasteiger partial charge in [-0.15, -0.1) is 0 Å². The summed E-state index contributed by atoms with van der Waals surface area (Å²) in [5.41, 5.74) is 13.6. The number of nitrogens with zero attached hydrogens (tertiary/aromatic N) is 3. The summed E-state index contributed by atoms with van der Waals surface area (Å²) < 4.78 is 13.4. The Morgan fingerprint density at radius 1 is 0.750 bits per heavy atom. The van der Waals surface area contributed by atoms with Crippen LogP contribution in [0.25, 0.3) is 55.6 Å². The van der Waals surface area contributed by atoms with Crippen LogP contribution in [0.4, 0.5) is 10.1 Å². The summed E-state index contributed by atoms with van der Waals surface area (Å²) in [4.78, 5) is 12.2. The molecule has 4 aromatic heterocycles. The summed E-state index contributed by atoms with van der Waals surface area (Å²) in [6.45, 7) is 0. The highest BCUT2D eigenvalue weighted by Crippen LogP contribution is 2.34. The summed E-state index contributed by atoms with van der Waals surface area (Å²) >= 11 is 0. The number of benzene rings is 2. The molecular formula is C25H17FN6. The molecule has 0 aliphatic carbocycles. The number of aromatic nitrogens is 5. The minimum Gasteiger partial charge on any atom is -0.397 e. The lowest BCUT2D eigenvalue weighted by Gasteiger charge is -2.03. The number of nitrogens with two attached hydrogens (primary N) is 1. The van der Waals surface area contributed by atoms with Gasteiger partial charge in [-0.25, -0.2) is 4.39 Å². The van der Waals surface area contributed by atoms with Crippen LogP contribution in [0.3, 0.4) is 0 Å². The van der Waals surface area contributed by atoms with E-state index in [-0.39, 0.29) is 5.82 Å². The molecule has 0 aliphatic rings. The van der Waals surface area contributed by atoms with Crippen LogP contribution in [0.2, 0.25) is 0 Å². The van der Waals surface area contributed by atoms with Gasteiger partial charge < -0.3 is 10.7 Å². The van der Waals surface area contributed by atoms with Crippen molar-refractivity contribution < 1.29 is 4.39 Å². The fourth-order valence-electron chi connectivity index (χ4n) is 4.03. The maximum atomic E-state index is 13.4. The van der Waals surface area contributed by atoms with E-state index in [9.17, 15) is 4.39 Å². The Morgan fingerprint density at radius 3 is 2.41 bits per heavy atom. The van der Waals surface area contributed by atoms with Crippen LogP contribution in [0, 0.1) is 5.82 Å². The van der Waals surface area contributed by atoms with Crippen LogP contribution in [0.1, 0.15) is 0 Å². The van der Waals surface area contributed by atoms with Crippen molar-refractivity contribution >= 4 is 27.5 Å². The van der Waals surface area contributed by atoms with Gasteiger partial charge in [0.1, 0.15) is 11.5 Å². The van der Waals surface area contributed by atoms with E-state index >= 15 is 0 Å². The van der Waals surface area contributed by atoms with Crippen LogP contribution < -0.4 is 5.73 Å². The molecule has 0 saturated heterocycles. The van der Waals surface area contributed by atoms with Crippen molar-refractivity contribution in [1.82, 2.24) is 25.1 Å². The molecule has 154 valence electrons. The van der Waals surface area contributed by atoms with Gasteiger partial charge in [-0.2, -0.15) is 5.10 Å². The predicted molar refractivity (Wildman–Crippen MR) is 124 cm³/mol. The molecule has 0 aliphatic heterocycles. The van der Waals surface area contributed by atoms with E-state index in [1.807, 2.05) is 30.3 Å². The zero-order valence-corrected chi connectivity index (χ0v) is 16.8. The van der Waals surface area contributed by atoms with Gasteiger partial charge in [0.15, 0.2) is 0 Å². The number of hydrogen-bond acceptors (Lipinski definition) is 4. The van der Waals surface area contributed by atoms with Gasteiger partial charge >= 0.3 is 0 Å². The second kappa shape index (κ2) is 7.02. The number of aromatic amines is 2. The topological polar surface area (TPSA) is 96.3 Å². The highest BCUT2D eigenvalue weighted by molar-refractivity contribution is 6.00. The first kappa shape index (κ1) is 18.3. The van der Waals surface area contributed by atoms with Crippen LogP contribution in [0.15, 0.2) is 79.3 Å². The number of nitrogens with one attached hydrogen (secondary N) is 2. The van der Waals surface area contributed by atoms with Gasteiger partial charge in [0.2, 0.25) is 0 Å². The molecule has 2 aromatic carbocycles. The van der Waals surface area contributed by atoms with Crippen LogP contribution >= 0.6 is 0 Å². The maximum Gasteiger partial charge on any atom is 0.123 e. The minimum absolute atomic E-state index is 0.273. The molecule has 0 amide bonds. The quantitative estimate of drug-likeness (QED) is 0.349. The molecule has 0 saturated carbocycles. The summed E-state index contributed by atoms with van der Waals surface area (Å²) in [5.74, 6) is -0.273. The number of hydrogen-bond donors (Lipinski definition) is 3. The van der Waals surface area contributed by atoms with Crippen molar-refractivity contribution in [3.8, 4) is 33.8 Å². The Morgan fingerprint density at radius 2 is 1.56 bits per heavy atom. The molecular weight excluding hydrogens is 403 g/mol. The fourth-order valence-corrected chi connectivity index (χ4v) is 4.03. The molecule has 6 aromatic rings. The van der Waals surface area contributed by atoms with E-state index in [1.165, 1.54) is 12.1 Å². The number of H-pyrrole nitrogens is 2. The number of anilines is 1. The molecule has 0 unspecified atom stereocenters. The molecule has 7 heteroatoms. The third-order valence-corrected chi connectivity index (χ3v) is 5.58. The summed E-state index contributed by atoms with van der Waals surface area (Å²) in [7, 11) is 0. The smallest absolute Gasteiger partial charge is 0.123 e. The normalized spacial score (nSPS) is 11.4. The number of nitrogen functional groups attached to an aromatic ring is 1. The maximum absolute atomic E-state index is 13.4. The molecule has 0 atom stereocenters. The number of rotatable bonds is 3. The number of pyridine rings is 2. The fraction of sp³-hybridized carbons (Fsp3) is 0. The Balaban J connectivity index is 1.50. The van der Waals surface area contributed by atoms with Gasteiger partial charge in [0.25, 0.3) is 0 Å². The van der Waals surface area contributed by atoms with Crippen molar-refractivity contribution in [2.45, 2.75) is 0 Å². The molecule has 0 bridgehead atoms. The monoisotopic (exact) mass is 420 g/mol. The standard InChI is InChI=1S/C25H17FN6/c26-17-4-1-14(2-5-17)24-20-11-23(30-21(20)7-8-29-24)25-19-10-15(3-6-22(19)31-32-25)16-9-18(27)13-28-12-16/h1-13,30H,27H2,(H,31,32).